The number of anilines is 1. The molecule has 5 nitrogen and oxygen atoms in total. The topological polar surface area (TPSA) is 52.7 Å². The van der Waals surface area contributed by atoms with Crippen molar-refractivity contribution in [3.05, 3.63) is 30.3 Å². The van der Waals surface area contributed by atoms with Gasteiger partial charge in [-0.3, -0.25) is 9.59 Å². The number of hydrogen-bond donors (Lipinski definition) is 1. The summed E-state index contributed by atoms with van der Waals surface area (Å²) in [5.74, 6) is 0.203. The number of amides is 2. The molecule has 0 saturated carbocycles. The smallest absolute Gasteiger partial charge is 0.243 e. The van der Waals surface area contributed by atoms with Crippen LogP contribution in [-0.2, 0) is 9.59 Å². The van der Waals surface area contributed by atoms with E-state index in [1.807, 2.05) is 32.0 Å². The third kappa shape index (κ3) is 4.73. The van der Waals surface area contributed by atoms with Crippen LogP contribution in [0.3, 0.4) is 0 Å². The number of para-hydroxylation sites is 1. The number of benzene rings is 1. The Bertz CT molecular complexity index is 545. The molecule has 0 aromatic heterocycles. The highest BCUT2D eigenvalue weighted by molar-refractivity contribution is 5.88. The fourth-order valence-electron chi connectivity index (χ4n) is 3.21. The summed E-state index contributed by atoms with van der Waals surface area (Å²) >= 11 is 0. The standard InChI is InChI=1S/C19H29N3O2/c1-15(2)18(22-14-7-11-17(22)23)19(24)20-12-8-13-21(3)16-9-5-4-6-10-16/h4-6,9-10,15,18H,7-8,11-14H2,1-3H3,(H,20,24)/t18-/m0/s1. The van der Waals surface area contributed by atoms with Crippen LogP contribution in [0.2, 0.25) is 0 Å². The molecule has 0 bridgehead atoms. The molecule has 0 unspecified atom stereocenters. The van der Waals surface area contributed by atoms with E-state index in [0.717, 1.165) is 19.4 Å². The Morgan fingerprint density at radius 3 is 2.58 bits per heavy atom. The van der Waals surface area contributed by atoms with Gasteiger partial charge in [0, 0.05) is 38.8 Å². The molecule has 1 saturated heterocycles. The molecule has 0 aliphatic carbocycles. The largest absolute Gasteiger partial charge is 0.375 e. The summed E-state index contributed by atoms with van der Waals surface area (Å²) in [7, 11) is 2.05. The fraction of sp³-hybridized carbons (Fsp3) is 0.579. The molecule has 1 atom stereocenters. The second-order valence-electron chi connectivity index (χ2n) is 6.78. The molecule has 5 heteroatoms. The molecular formula is C19H29N3O2. The molecule has 1 aromatic rings. The van der Waals surface area contributed by atoms with Crippen LogP contribution in [0.25, 0.3) is 0 Å². The molecule has 1 aliphatic rings. The number of hydrogen-bond acceptors (Lipinski definition) is 3. The molecule has 0 spiro atoms. The highest BCUT2D eigenvalue weighted by Gasteiger charge is 2.34. The maximum Gasteiger partial charge on any atom is 0.243 e. The zero-order chi connectivity index (χ0) is 17.5. The number of likely N-dealkylation sites (tertiary alicyclic amines) is 1. The molecule has 132 valence electrons. The Kier molecular flexibility index (Phi) is 6.64. The fourth-order valence-corrected chi connectivity index (χ4v) is 3.21. The number of carbonyl (C=O) groups is 2. The van der Waals surface area contributed by atoms with Gasteiger partial charge in [0.1, 0.15) is 6.04 Å². The molecule has 24 heavy (non-hydrogen) atoms. The van der Waals surface area contributed by atoms with Crippen LogP contribution in [-0.4, -0.2) is 49.4 Å². The first-order valence-corrected chi connectivity index (χ1v) is 8.84. The van der Waals surface area contributed by atoms with Crippen LogP contribution < -0.4 is 10.2 Å². The first-order chi connectivity index (χ1) is 11.5. The number of rotatable bonds is 8. The summed E-state index contributed by atoms with van der Waals surface area (Å²) in [6.45, 7) is 6.20. The van der Waals surface area contributed by atoms with Crippen molar-refractivity contribution < 1.29 is 9.59 Å². The molecule has 1 N–H and O–H groups in total. The van der Waals surface area contributed by atoms with Crippen molar-refractivity contribution in [3.8, 4) is 0 Å². The Morgan fingerprint density at radius 2 is 2.00 bits per heavy atom. The van der Waals surface area contributed by atoms with Crippen molar-refractivity contribution in [2.45, 2.75) is 39.2 Å². The average molecular weight is 331 g/mol. The third-order valence-corrected chi connectivity index (χ3v) is 4.51. The highest BCUT2D eigenvalue weighted by Crippen LogP contribution is 2.19. The number of carbonyl (C=O) groups excluding carboxylic acids is 2. The molecule has 1 fully saturated rings. The lowest BCUT2D eigenvalue weighted by molar-refractivity contribution is -0.139. The Labute approximate surface area is 145 Å². The van der Waals surface area contributed by atoms with Gasteiger partial charge in [0.2, 0.25) is 11.8 Å². The van der Waals surface area contributed by atoms with Gasteiger partial charge < -0.3 is 15.1 Å². The molecule has 1 aliphatic heterocycles. The van der Waals surface area contributed by atoms with Gasteiger partial charge in [0.05, 0.1) is 0 Å². The number of nitrogens with zero attached hydrogens (tertiary/aromatic N) is 2. The predicted molar refractivity (Wildman–Crippen MR) is 96.9 cm³/mol. The normalized spacial score (nSPS) is 15.7. The molecule has 0 radical (unpaired) electrons. The van der Waals surface area contributed by atoms with Crippen molar-refractivity contribution in [2.24, 2.45) is 5.92 Å². The average Bonchev–Trinajstić information content (AvgIpc) is 2.98. The SMILES string of the molecule is CC(C)[C@@H](C(=O)NCCCN(C)c1ccccc1)N1CCCC1=O. The molecule has 2 rings (SSSR count). The van der Waals surface area contributed by atoms with E-state index >= 15 is 0 Å². The van der Waals surface area contributed by atoms with Crippen molar-refractivity contribution in [2.75, 3.05) is 31.6 Å². The zero-order valence-electron chi connectivity index (χ0n) is 15.0. The highest BCUT2D eigenvalue weighted by atomic mass is 16.2. The van der Waals surface area contributed by atoms with Gasteiger partial charge in [-0.2, -0.15) is 0 Å². The van der Waals surface area contributed by atoms with E-state index in [2.05, 4.69) is 29.4 Å². The molecule has 2 amide bonds. The van der Waals surface area contributed by atoms with E-state index in [1.54, 1.807) is 4.90 Å². The minimum atomic E-state index is -0.341. The summed E-state index contributed by atoms with van der Waals surface area (Å²) in [6.07, 6.45) is 2.30. The summed E-state index contributed by atoms with van der Waals surface area (Å²) in [5.41, 5.74) is 1.17. The zero-order valence-corrected chi connectivity index (χ0v) is 15.0. The predicted octanol–water partition coefficient (Wildman–Crippen LogP) is 2.28. The van der Waals surface area contributed by atoms with Crippen LogP contribution in [0.15, 0.2) is 30.3 Å². The maximum absolute atomic E-state index is 12.5. The van der Waals surface area contributed by atoms with Gasteiger partial charge in [-0.05, 0) is 30.9 Å². The lowest BCUT2D eigenvalue weighted by atomic mass is 10.0. The van der Waals surface area contributed by atoms with Crippen molar-refractivity contribution in [1.82, 2.24) is 10.2 Å². The van der Waals surface area contributed by atoms with Gasteiger partial charge in [-0.15, -0.1) is 0 Å². The Hall–Kier alpha value is -2.04. The quantitative estimate of drug-likeness (QED) is 0.744. The van der Waals surface area contributed by atoms with Gasteiger partial charge in [-0.25, -0.2) is 0 Å². The molecular weight excluding hydrogens is 302 g/mol. The lowest BCUT2D eigenvalue weighted by Gasteiger charge is -2.30. The first-order valence-electron chi connectivity index (χ1n) is 8.84. The summed E-state index contributed by atoms with van der Waals surface area (Å²) in [5, 5.41) is 3.01. The monoisotopic (exact) mass is 331 g/mol. The second-order valence-corrected chi connectivity index (χ2v) is 6.78. The van der Waals surface area contributed by atoms with E-state index in [0.29, 0.717) is 19.5 Å². The van der Waals surface area contributed by atoms with Crippen molar-refractivity contribution in [1.29, 1.82) is 0 Å². The van der Waals surface area contributed by atoms with E-state index in [-0.39, 0.29) is 23.8 Å². The van der Waals surface area contributed by atoms with E-state index in [4.69, 9.17) is 0 Å². The Balaban J connectivity index is 1.78. The Morgan fingerprint density at radius 1 is 1.29 bits per heavy atom. The molecule has 1 heterocycles. The van der Waals surface area contributed by atoms with Crippen LogP contribution in [0.1, 0.15) is 33.1 Å². The summed E-state index contributed by atoms with van der Waals surface area (Å²) in [4.78, 5) is 28.4. The van der Waals surface area contributed by atoms with Crippen LogP contribution in [0.5, 0.6) is 0 Å². The summed E-state index contributed by atoms with van der Waals surface area (Å²) < 4.78 is 0. The van der Waals surface area contributed by atoms with E-state index in [1.165, 1.54) is 5.69 Å². The maximum atomic E-state index is 12.5. The van der Waals surface area contributed by atoms with Gasteiger partial charge in [0.15, 0.2) is 0 Å². The van der Waals surface area contributed by atoms with Gasteiger partial charge >= 0.3 is 0 Å². The van der Waals surface area contributed by atoms with E-state index < -0.39 is 0 Å². The van der Waals surface area contributed by atoms with E-state index in [9.17, 15) is 9.59 Å². The van der Waals surface area contributed by atoms with Gasteiger partial charge in [0.25, 0.3) is 0 Å². The third-order valence-electron chi connectivity index (χ3n) is 4.51. The second kappa shape index (κ2) is 8.71. The summed E-state index contributed by atoms with van der Waals surface area (Å²) in [6, 6.07) is 9.86. The van der Waals surface area contributed by atoms with Crippen molar-refractivity contribution >= 4 is 17.5 Å². The number of nitrogens with one attached hydrogen (secondary N) is 1. The van der Waals surface area contributed by atoms with Gasteiger partial charge in [-0.1, -0.05) is 32.0 Å². The van der Waals surface area contributed by atoms with Crippen molar-refractivity contribution in [3.63, 3.8) is 0 Å². The first kappa shape index (κ1) is 18.3. The van der Waals surface area contributed by atoms with Crippen LogP contribution in [0, 0.1) is 5.92 Å². The minimum absolute atomic E-state index is 0.0254. The lowest BCUT2D eigenvalue weighted by Crippen LogP contribution is -2.50. The minimum Gasteiger partial charge on any atom is -0.375 e. The van der Waals surface area contributed by atoms with Crippen LogP contribution >= 0.6 is 0 Å². The van der Waals surface area contributed by atoms with Crippen LogP contribution in [0.4, 0.5) is 5.69 Å². The molecule has 1 aromatic carbocycles.